The van der Waals surface area contributed by atoms with Crippen LogP contribution in [0.4, 0.5) is 5.82 Å². The van der Waals surface area contributed by atoms with E-state index in [1.807, 2.05) is 0 Å². The second kappa shape index (κ2) is 5.62. The van der Waals surface area contributed by atoms with Crippen molar-refractivity contribution in [3.63, 3.8) is 0 Å². The van der Waals surface area contributed by atoms with Gasteiger partial charge in [-0.2, -0.15) is 0 Å². The van der Waals surface area contributed by atoms with Gasteiger partial charge in [0.05, 0.1) is 0 Å². The lowest BCUT2D eigenvalue weighted by molar-refractivity contribution is -0.116. The van der Waals surface area contributed by atoms with Gasteiger partial charge in [-0.1, -0.05) is 23.2 Å². The number of hydrogen-bond donors (Lipinski definition) is 2. The number of anilines is 1. The molecule has 1 saturated carbocycles. The second-order valence-corrected chi connectivity index (χ2v) is 4.59. The Labute approximate surface area is 109 Å². The fourth-order valence-electron chi connectivity index (χ4n) is 1.31. The highest BCUT2D eigenvalue weighted by atomic mass is 35.5. The molecule has 2 N–H and O–H groups in total. The summed E-state index contributed by atoms with van der Waals surface area (Å²) >= 11 is 11.5. The normalized spacial score (nSPS) is 14.7. The van der Waals surface area contributed by atoms with Crippen molar-refractivity contribution >= 4 is 34.9 Å². The largest absolute Gasteiger partial charge is 0.313 e. The zero-order chi connectivity index (χ0) is 12.3. The van der Waals surface area contributed by atoms with Crippen molar-refractivity contribution in [2.45, 2.75) is 25.3 Å². The van der Waals surface area contributed by atoms with E-state index in [0.717, 1.165) is 0 Å². The summed E-state index contributed by atoms with van der Waals surface area (Å²) < 4.78 is 0. The van der Waals surface area contributed by atoms with E-state index in [4.69, 9.17) is 23.2 Å². The van der Waals surface area contributed by atoms with Gasteiger partial charge in [0, 0.05) is 19.0 Å². The summed E-state index contributed by atoms with van der Waals surface area (Å²) in [6.45, 7) is 0.660. The summed E-state index contributed by atoms with van der Waals surface area (Å²) in [6, 6.07) is 0.597. The minimum absolute atomic E-state index is 0.132. The minimum Gasteiger partial charge on any atom is -0.313 e. The maximum atomic E-state index is 11.6. The Morgan fingerprint density at radius 1 is 1.41 bits per heavy atom. The molecule has 5 nitrogen and oxygen atoms in total. The number of carbonyl (C=O) groups is 1. The third-order valence-electron chi connectivity index (χ3n) is 2.37. The molecule has 0 atom stereocenters. The lowest BCUT2D eigenvalue weighted by Crippen LogP contribution is -2.23. The first-order valence-corrected chi connectivity index (χ1v) is 6.11. The zero-order valence-corrected chi connectivity index (χ0v) is 10.6. The molecule has 1 aromatic heterocycles. The van der Waals surface area contributed by atoms with Gasteiger partial charge in [-0.15, -0.1) is 0 Å². The Morgan fingerprint density at radius 3 is 2.88 bits per heavy atom. The number of carbonyl (C=O) groups excluding carboxylic acids is 1. The van der Waals surface area contributed by atoms with Gasteiger partial charge < -0.3 is 10.6 Å². The van der Waals surface area contributed by atoms with Crippen LogP contribution in [0, 0.1) is 0 Å². The van der Waals surface area contributed by atoms with Crippen LogP contribution < -0.4 is 10.6 Å². The lowest BCUT2D eigenvalue weighted by atomic mass is 10.4. The molecule has 2 rings (SSSR count). The second-order valence-electron chi connectivity index (χ2n) is 3.85. The van der Waals surface area contributed by atoms with Crippen LogP contribution >= 0.6 is 23.2 Å². The first kappa shape index (κ1) is 12.5. The van der Waals surface area contributed by atoms with Crippen LogP contribution in [0.25, 0.3) is 0 Å². The van der Waals surface area contributed by atoms with Gasteiger partial charge >= 0.3 is 0 Å². The maximum absolute atomic E-state index is 11.6. The molecule has 1 aromatic rings. The summed E-state index contributed by atoms with van der Waals surface area (Å²) in [6.07, 6.45) is 4.05. The van der Waals surface area contributed by atoms with Gasteiger partial charge in [-0.05, 0) is 12.8 Å². The molecule has 17 heavy (non-hydrogen) atoms. The third-order valence-corrected chi connectivity index (χ3v) is 3.11. The fraction of sp³-hybridized carbons (Fsp3) is 0.500. The molecule has 1 heterocycles. The van der Waals surface area contributed by atoms with Crippen LogP contribution in [0.2, 0.25) is 10.2 Å². The molecule has 0 unspecified atom stereocenters. The predicted octanol–water partition coefficient (Wildman–Crippen LogP) is 1.86. The van der Waals surface area contributed by atoms with E-state index in [1.54, 1.807) is 0 Å². The summed E-state index contributed by atoms with van der Waals surface area (Å²) in [5.74, 6) is 0.109. The predicted molar refractivity (Wildman–Crippen MR) is 66.3 cm³/mol. The summed E-state index contributed by atoms with van der Waals surface area (Å²) in [5, 5.41) is 6.14. The van der Waals surface area contributed by atoms with E-state index in [1.165, 1.54) is 19.2 Å². The van der Waals surface area contributed by atoms with Crippen LogP contribution in [-0.2, 0) is 4.79 Å². The van der Waals surface area contributed by atoms with Crippen molar-refractivity contribution in [3.8, 4) is 0 Å². The molecule has 0 radical (unpaired) electrons. The van der Waals surface area contributed by atoms with Crippen molar-refractivity contribution in [1.29, 1.82) is 0 Å². The van der Waals surface area contributed by atoms with Crippen LogP contribution in [0.5, 0.6) is 0 Å². The molecular formula is C10H12Cl2N4O. The SMILES string of the molecule is O=C(CCNC1CC1)Nc1ncnc(Cl)c1Cl. The van der Waals surface area contributed by atoms with E-state index in [9.17, 15) is 4.79 Å². The Balaban J connectivity index is 1.82. The molecule has 0 saturated heterocycles. The van der Waals surface area contributed by atoms with Crippen molar-refractivity contribution in [3.05, 3.63) is 16.5 Å². The molecule has 1 amide bonds. The molecule has 0 aromatic carbocycles. The highest BCUT2D eigenvalue weighted by molar-refractivity contribution is 6.42. The van der Waals surface area contributed by atoms with Gasteiger partial charge in [0.2, 0.25) is 5.91 Å². The average Bonchev–Trinajstić information content (AvgIpc) is 3.09. The van der Waals surface area contributed by atoms with Crippen molar-refractivity contribution in [2.24, 2.45) is 0 Å². The minimum atomic E-state index is -0.144. The third kappa shape index (κ3) is 3.80. The number of hydrogen-bond acceptors (Lipinski definition) is 4. The van der Waals surface area contributed by atoms with Gasteiger partial charge in [-0.3, -0.25) is 4.79 Å². The standard InChI is InChI=1S/C10H12Cl2N4O/c11-8-9(12)14-5-15-10(8)16-7(17)3-4-13-6-1-2-6/h5-6,13H,1-4H2,(H,14,15,16,17). The lowest BCUT2D eigenvalue weighted by Gasteiger charge is -2.06. The van der Waals surface area contributed by atoms with E-state index >= 15 is 0 Å². The number of rotatable bonds is 5. The van der Waals surface area contributed by atoms with Gasteiger partial charge in [0.1, 0.15) is 11.3 Å². The van der Waals surface area contributed by atoms with Crippen molar-refractivity contribution < 1.29 is 4.79 Å². The summed E-state index contributed by atoms with van der Waals surface area (Å²) in [7, 11) is 0. The maximum Gasteiger partial charge on any atom is 0.226 e. The Kier molecular flexibility index (Phi) is 4.15. The molecule has 1 aliphatic rings. The number of nitrogens with zero attached hydrogens (tertiary/aromatic N) is 2. The highest BCUT2D eigenvalue weighted by Crippen LogP contribution is 2.25. The van der Waals surface area contributed by atoms with Gasteiger partial charge in [0.25, 0.3) is 0 Å². The summed E-state index contributed by atoms with van der Waals surface area (Å²) in [5.41, 5.74) is 0. The highest BCUT2D eigenvalue weighted by Gasteiger charge is 2.20. The van der Waals surface area contributed by atoms with E-state index in [2.05, 4.69) is 20.6 Å². The molecule has 7 heteroatoms. The van der Waals surface area contributed by atoms with Crippen molar-refractivity contribution in [2.75, 3.05) is 11.9 Å². The Bertz CT molecular complexity index is 423. The van der Waals surface area contributed by atoms with Crippen LogP contribution in [-0.4, -0.2) is 28.5 Å². The first-order chi connectivity index (χ1) is 8.16. The monoisotopic (exact) mass is 274 g/mol. The number of nitrogens with one attached hydrogen (secondary N) is 2. The molecule has 0 spiro atoms. The van der Waals surface area contributed by atoms with Crippen LogP contribution in [0.3, 0.4) is 0 Å². The van der Waals surface area contributed by atoms with Crippen LogP contribution in [0.15, 0.2) is 6.33 Å². The zero-order valence-electron chi connectivity index (χ0n) is 9.04. The molecule has 92 valence electrons. The van der Waals surface area contributed by atoms with Gasteiger partial charge in [0.15, 0.2) is 11.0 Å². The molecule has 0 aliphatic heterocycles. The summed E-state index contributed by atoms with van der Waals surface area (Å²) in [4.78, 5) is 19.1. The number of aromatic nitrogens is 2. The Hall–Kier alpha value is -0.910. The molecule has 1 aliphatic carbocycles. The van der Waals surface area contributed by atoms with Crippen LogP contribution in [0.1, 0.15) is 19.3 Å². The van der Waals surface area contributed by atoms with E-state index in [-0.39, 0.29) is 21.9 Å². The number of amides is 1. The molecular weight excluding hydrogens is 263 g/mol. The fourth-order valence-corrected chi connectivity index (χ4v) is 1.59. The topological polar surface area (TPSA) is 66.9 Å². The quantitative estimate of drug-likeness (QED) is 0.805. The van der Waals surface area contributed by atoms with Gasteiger partial charge in [-0.25, -0.2) is 9.97 Å². The first-order valence-electron chi connectivity index (χ1n) is 5.36. The van der Waals surface area contributed by atoms with Crippen molar-refractivity contribution in [1.82, 2.24) is 15.3 Å². The Morgan fingerprint density at radius 2 is 2.18 bits per heavy atom. The smallest absolute Gasteiger partial charge is 0.226 e. The molecule has 0 bridgehead atoms. The average molecular weight is 275 g/mol. The number of halogens is 2. The van der Waals surface area contributed by atoms with E-state index in [0.29, 0.717) is 19.0 Å². The molecule has 1 fully saturated rings. The van der Waals surface area contributed by atoms with E-state index < -0.39 is 0 Å².